The van der Waals surface area contributed by atoms with Crippen LogP contribution in [0.2, 0.25) is 0 Å². The van der Waals surface area contributed by atoms with E-state index in [1.54, 1.807) is 42.4 Å². The summed E-state index contributed by atoms with van der Waals surface area (Å²) in [5.41, 5.74) is 3.48. The Morgan fingerprint density at radius 2 is 1.57 bits per heavy atom. The zero-order chi connectivity index (χ0) is 26.2. The van der Waals surface area contributed by atoms with Crippen LogP contribution in [0.5, 0.6) is 0 Å². The van der Waals surface area contributed by atoms with E-state index < -0.39 is 16.1 Å². The number of anilines is 1. The minimum absolute atomic E-state index is 0.0842. The molecule has 0 unspecified atom stereocenters. The molecule has 2 heterocycles. The fourth-order valence-corrected chi connectivity index (χ4v) is 6.65. The minimum Gasteiger partial charge on any atom is -0.305 e. The van der Waals surface area contributed by atoms with E-state index in [0.29, 0.717) is 21.8 Å². The molecule has 0 atom stereocenters. The van der Waals surface area contributed by atoms with E-state index in [4.69, 9.17) is 0 Å². The van der Waals surface area contributed by atoms with E-state index >= 15 is 0 Å². The van der Waals surface area contributed by atoms with Gasteiger partial charge in [-0.3, -0.25) is 4.79 Å². The first-order valence-corrected chi connectivity index (χ1v) is 14.3. The fourth-order valence-electron chi connectivity index (χ4n) is 4.73. The van der Waals surface area contributed by atoms with Crippen molar-refractivity contribution in [3.63, 3.8) is 0 Å². The minimum atomic E-state index is -3.93. The molecule has 5 rings (SSSR count). The molecule has 0 aliphatic carbocycles. The highest BCUT2D eigenvalue weighted by molar-refractivity contribution is 7.89. The molecular weight excluding hydrogens is 502 g/mol. The molecule has 188 valence electrons. The molecule has 0 saturated heterocycles. The Balaban J connectivity index is 1.61. The van der Waals surface area contributed by atoms with E-state index in [-0.39, 0.29) is 16.8 Å². The summed E-state index contributed by atoms with van der Waals surface area (Å²) in [7, 11) is -2.33. The summed E-state index contributed by atoms with van der Waals surface area (Å²) in [5.74, 6) is -0.158. The molecule has 0 bridgehead atoms. The molecule has 1 aliphatic heterocycles. The van der Waals surface area contributed by atoms with Crippen molar-refractivity contribution < 1.29 is 13.2 Å². The van der Waals surface area contributed by atoms with Gasteiger partial charge in [0.15, 0.2) is 0 Å². The number of amides is 1. The van der Waals surface area contributed by atoms with Crippen LogP contribution in [0.15, 0.2) is 95.3 Å². The second kappa shape index (κ2) is 10.0. The molecule has 0 saturated carbocycles. The van der Waals surface area contributed by atoms with E-state index in [1.165, 1.54) is 15.6 Å². The number of sulfonamides is 1. The number of carbonyl (C=O) groups is 1. The number of hydrogen-bond acceptors (Lipinski definition) is 5. The Morgan fingerprint density at radius 3 is 2.11 bits per heavy atom. The van der Waals surface area contributed by atoms with Crippen molar-refractivity contribution in [1.29, 1.82) is 0 Å². The average molecular weight is 530 g/mol. The van der Waals surface area contributed by atoms with Gasteiger partial charge in [-0.1, -0.05) is 60.7 Å². The Kier molecular flexibility index (Phi) is 6.81. The highest BCUT2D eigenvalue weighted by Gasteiger charge is 2.37. The van der Waals surface area contributed by atoms with Crippen LogP contribution < -0.4 is 4.90 Å². The smallest absolute Gasteiger partial charge is 0.259 e. The monoisotopic (exact) mass is 529 g/mol. The predicted molar refractivity (Wildman–Crippen MR) is 149 cm³/mol. The summed E-state index contributed by atoms with van der Waals surface area (Å²) in [6.45, 7) is 3.88. The van der Waals surface area contributed by atoms with E-state index in [1.807, 2.05) is 79.9 Å². The molecule has 8 heteroatoms. The van der Waals surface area contributed by atoms with Gasteiger partial charge in [0.1, 0.15) is 5.01 Å². The lowest BCUT2D eigenvalue weighted by Crippen LogP contribution is -2.33. The van der Waals surface area contributed by atoms with Crippen LogP contribution in [-0.4, -0.2) is 36.7 Å². The second-order valence-electron chi connectivity index (χ2n) is 9.12. The summed E-state index contributed by atoms with van der Waals surface area (Å²) in [4.78, 5) is 19.5. The van der Waals surface area contributed by atoms with Crippen molar-refractivity contribution in [2.75, 3.05) is 11.9 Å². The van der Waals surface area contributed by atoms with Gasteiger partial charge < -0.3 is 4.90 Å². The highest BCUT2D eigenvalue weighted by Crippen LogP contribution is 2.41. The van der Waals surface area contributed by atoms with Crippen LogP contribution in [0.3, 0.4) is 0 Å². The molecule has 0 N–H and O–H groups in total. The Morgan fingerprint density at radius 1 is 0.946 bits per heavy atom. The third-order valence-corrected chi connectivity index (χ3v) is 9.02. The first-order chi connectivity index (χ1) is 17.8. The fraction of sp³-hybridized carbons (Fsp3) is 0.172. The van der Waals surface area contributed by atoms with Gasteiger partial charge in [-0.25, -0.2) is 13.4 Å². The number of thiazole rings is 1. The first kappa shape index (κ1) is 25.1. The van der Waals surface area contributed by atoms with Crippen molar-refractivity contribution in [3.05, 3.63) is 112 Å². The predicted octanol–water partition coefficient (Wildman–Crippen LogP) is 5.85. The molecule has 4 aromatic rings. The number of hydrogen-bond donors (Lipinski definition) is 0. The largest absolute Gasteiger partial charge is 0.305 e. The van der Waals surface area contributed by atoms with Crippen molar-refractivity contribution in [2.24, 2.45) is 0 Å². The van der Waals surface area contributed by atoms with Gasteiger partial charge in [0.25, 0.3) is 5.91 Å². The van der Waals surface area contributed by atoms with Gasteiger partial charge in [-0.2, -0.15) is 4.31 Å². The standard InChI is InChI=1S/C29H27N3O3S2/c1-20(2)32-26-15-14-23(18-24(26)25(29(32)33)19-27-30-16-17-36-27)37(34,35)31(3)28(21-10-6-4-7-11-21)22-12-8-5-9-13-22/h4-20,28H,1-3H3/b25-19+. The van der Waals surface area contributed by atoms with Crippen LogP contribution in [0.25, 0.3) is 11.6 Å². The normalized spacial score (nSPS) is 14.8. The van der Waals surface area contributed by atoms with Gasteiger partial charge in [0.05, 0.1) is 22.2 Å². The molecule has 1 aromatic heterocycles. The SMILES string of the molecule is CC(C)N1C(=O)/C(=C/c2nccs2)c2cc(S(=O)(=O)N(C)C(c3ccccc3)c3ccccc3)ccc21. The summed E-state index contributed by atoms with van der Waals surface area (Å²) in [6.07, 6.45) is 3.42. The van der Waals surface area contributed by atoms with E-state index in [2.05, 4.69) is 4.98 Å². The van der Waals surface area contributed by atoms with Crippen LogP contribution >= 0.6 is 11.3 Å². The lowest BCUT2D eigenvalue weighted by molar-refractivity contribution is -0.113. The van der Waals surface area contributed by atoms with Gasteiger partial charge in [-0.15, -0.1) is 11.3 Å². The molecule has 0 spiro atoms. The van der Waals surface area contributed by atoms with Gasteiger partial charge in [0.2, 0.25) is 10.0 Å². The third kappa shape index (κ3) is 4.64. The quantitative estimate of drug-likeness (QED) is 0.282. The average Bonchev–Trinajstić information content (AvgIpc) is 3.51. The molecular formula is C29H27N3O3S2. The van der Waals surface area contributed by atoms with Crippen LogP contribution in [-0.2, 0) is 14.8 Å². The van der Waals surface area contributed by atoms with Crippen molar-refractivity contribution in [2.45, 2.75) is 30.8 Å². The Labute approximate surface area is 221 Å². The zero-order valence-electron chi connectivity index (χ0n) is 20.8. The van der Waals surface area contributed by atoms with Gasteiger partial charge in [-0.05, 0) is 49.2 Å². The molecule has 0 radical (unpaired) electrons. The number of rotatable bonds is 7. The molecule has 37 heavy (non-hydrogen) atoms. The topological polar surface area (TPSA) is 70.6 Å². The number of benzene rings is 3. The zero-order valence-corrected chi connectivity index (χ0v) is 22.4. The maximum absolute atomic E-state index is 14.0. The van der Waals surface area contributed by atoms with Crippen LogP contribution in [0.4, 0.5) is 5.69 Å². The second-order valence-corrected chi connectivity index (χ2v) is 12.0. The maximum atomic E-state index is 14.0. The van der Waals surface area contributed by atoms with E-state index in [9.17, 15) is 13.2 Å². The molecule has 1 amide bonds. The highest BCUT2D eigenvalue weighted by atomic mass is 32.2. The van der Waals surface area contributed by atoms with Crippen molar-refractivity contribution in [3.8, 4) is 0 Å². The summed E-state index contributed by atoms with van der Waals surface area (Å²) in [6, 6.07) is 23.5. The van der Waals surface area contributed by atoms with Gasteiger partial charge in [0, 0.05) is 30.2 Å². The van der Waals surface area contributed by atoms with E-state index in [0.717, 1.165) is 11.1 Å². The lowest BCUT2D eigenvalue weighted by atomic mass is 9.99. The van der Waals surface area contributed by atoms with Crippen LogP contribution in [0.1, 0.15) is 41.6 Å². The Bertz CT molecular complexity index is 1510. The molecule has 0 fully saturated rings. The summed E-state index contributed by atoms with van der Waals surface area (Å²) < 4.78 is 29.5. The maximum Gasteiger partial charge on any atom is 0.259 e. The van der Waals surface area contributed by atoms with Gasteiger partial charge >= 0.3 is 0 Å². The number of fused-ring (bicyclic) bond motifs is 1. The summed E-state index contributed by atoms with van der Waals surface area (Å²) >= 11 is 1.43. The lowest BCUT2D eigenvalue weighted by Gasteiger charge is -2.29. The van der Waals surface area contributed by atoms with Crippen molar-refractivity contribution >= 4 is 44.6 Å². The molecule has 3 aromatic carbocycles. The summed E-state index contributed by atoms with van der Waals surface area (Å²) in [5, 5.41) is 2.54. The van der Waals surface area contributed by atoms with Crippen LogP contribution in [0, 0.1) is 0 Å². The number of aromatic nitrogens is 1. The molecule has 6 nitrogen and oxygen atoms in total. The molecule has 1 aliphatic rings. The Hall–Kier alpha value is -3.59. The van der Waals surface area contributed by atoms with Crippen molar-refractivity contribution in [1.82, 2.24) is 9.29 Å². The number of carbonyl (C=O) groups excluding carboxylic acids is 1. The first-order valence-electron chi connectivity index (χ1n) is 12.0. The number of nitrogens with zero attached hydrogens (tertiary/aromatic N) is 3. The third-order valence-electron chi connectivity index (χ3n) is 6.47.